The second kappa shape index (κ2) is 10.1. The highest BCUT2D eigenvalue weighted by atomic mass is 127. The summed E-state index contributed by atoms with van der Waals surface area (Å²) in [6.45, 7) is 5.23. The van der Waals surface area contributed by atoms with Gasteiger partial charge in [-0.2, -0.15) is 0 Å². The summed E-state index contributed by atoms with van der Waals surface area (Å²) < 4.78 is 5.32. The molecule has 0 aliphatic heterocycles. The van der Waals surface area contributed by atoms with Gasteiger partial charge in [0.05, 0.1) is 30.7 Å². The fraction of sp³-hybridized carbons (Fsp3) is 0.316. The summed E-state index contributed by atoms with van der Waals surface area (Å²) in [6, 6.07) is 12.1. The van der Waals surface area contributed by atoms with Gasteiger partial charge in [-0.3, -0.25) is 4.99 Å². The molecule has 0 radical (unpaired) electrons. The van der Waals surface area contributed by atoms with Gasteiger partial charge in [-0.1, -0.05) is 49.3 Å². The van der Waals surface area contributed by atoms with Crippen molar-refractivity contribution in [3.8, 4) is 11.3 Å². The number of hydrogen-bond acceptors (Lipinski definition) is 4. The molecular weight excluding hydrogens is 455 g/mol. The zero-order valence-electron chi connectivity index (χ0n) is 15.7. The lowest BCUT2D eigenvalue weighted by Crippen LogP contribution is -2.36. The highest BCUT2D eigenvalue weighted by Gasteiger charge is 2.09. The Kier molecular flexibility index (Phi) is 7.83. The van der Waals surface area contributed by atoms with E-state index in [1.807, 2.05) is 42.6 Å². The van der Waals surface area contributed by atoms with E-state index in [2.05, 4.69) is 44.6 Å². The van der Waals surface area contributed by atoms with Crippen molar-refractivity contribution in [1.29, 1.82) is 0 Å². The zero-order chi connectivity index (χ0) is 18.4. The lowest BCUT2D eigenvalue weighted by atomic mass is 10.1. The van der Waals surface area contributed by atoms with Crippen molar-refractivity contribution in [3.63, 3.8) is 0 Å². The molecule has 8 heteroatoms. The standard InChI is InChI=1S/C19H24N6O.HI/c1-13(2)16-9-15(26-25-16)10-22-19(20-3)23-12-18-21-11-17(24-18)14-7-5-4-6-8-14;/h4-9,11,13H,10,12H2,1-3H3,(H,21,24)(H2,20,22,23);1H. The first-order valence-electron chi connectivity index (χ1n) is 8.65. The second-order valence-corrected chi connectivity index (χ2v) is 6.26. The van der Waals surface area contributed by atoms with Crippen molar-refractivity contribution >= 4 is 29.9 Å². The molecule has 3 rings (SSSR count). The zero-order valence-corrected chi connectivity index (χ0v) is 18.0. The quantitative estimate of drug-likeness (QED) is 0.285. The third kappa shape index (κ3) is 5.81. The van der Waals surface area contributed by atoms with Crippen molar-refractivity contribution < 1.29 is 4.52 Å². The molecule has 0 bridgehead atoms. The van der Waals surface area contributed by atoms with Gasteiger partial charge >= 0.3 is 0 Å². The molecule has 0 fully saturated rings. The number of aliphatic imine (C=N–C) groups is 1. The normalized spacial score (nSPS) is 11.3. The number of rotatable bonds is 6. The molecule has 2 aromatic heterocycles. The van der Waals surface area contributed by atoms with Crippen LogP contribution in [-0.4, -0.2) is 28.1 Å². The van der Waals surface area contributed by atoms with Crippen LogP contribution >= 0.6 is 24.0 Å². The number of aromatic amines is 1. The van der Waals surface area contributed by atoms with Crippen LogP contribution in [0.3, 0.4) is 0 Å². The fourth-order valence-electron chi connectivity index (χ4n) is 2.46. The Labute approximate surface area is 176 Å². The molecule has 0 aliphatic rings. The van der Waals surface area contributed by atoms with Gasteiger partial charge in [-0.15, -0.1) is 24.0 Å². The van der Waals surface area contributed by atoms with Crippen molar-refractivity contribution in [2.45, 2.75) is 32.9 Å². The molecule has 0 saturated carbocycles. The summed E-state index contributed by atoms with van der Waals surface area (Å²) in [5.41, 5.74) is 3.06. The molecule has 0 saturated heterocycles. The third-order valence-corrected chi connectivity index (χ3v) is 3.96. The highest BCUT2D eigenvalue weighted by molar-refractivity contribution is 14.0. The summed E-state index contributed by atoms with van der Waals surface area (Å²) in [7, 11) is 1.73. The van der Waals surface area contributed by atoms with Crippen LogP contribution in [0, 0.1) is 0 Å². The van der Waals surface area contributed by atoms with Gasteiger partial charge in [0.1, 0.15) is 5.82 Å². The maximum absolute atomic E-state index is 5.32. The lowest BCUT2D eigenvalue weighted by Gasteiger charge is -2.09. The number of halogens is 1. The van der Waals surface area contributed by atoms with E-state index in [1.165, 1.54) is 0 Å². The Morgan fingerprint density at radius 2 is 1.93 bits per heavy atom. The summed E-state index contributed by atoms with van der Waals surface area (Å²) >= 11 is 0. The van der Waals surface area contributed by atoms with Crippen LogP contribution in [-0.2, 0) is 13.1 Å². The average molecular weight is 480 g/mol. The number of benzene rings is 1. The molecule has 0 amide bonds. The van der Waals surface area contributed by atoms with E-state index in [-0.39, 0.29) is 24.0 Å². The number of nitrogens with zero attached hydrogens (tertiary/aromatic N) is 3. The molecule has 3 N–H and O–H groups in total. The van der Waals surface area contributed by atoms with Gasteiger partial charge in [-0.25, -0.2) is 4.98 Å². The Morgan fingerprint density at radius 3 is 2.59 bits per heavy atom. The van der Waals surface area contributed by atoms with E-state index >= 15 is 0 Å². The van der Waals surface area contributed by atoms with E-state index in [1.54, 1.807) is 7.05 Å². The molecule has 144 valence electrons. The van der Waals surface area contributed by atoms with Gasteiger partial charge in [0, 0.05) is 13.1 Å². The van der Waals surface area contributed by atoms with Crippen molar-refractivity contribution in [3.05, 3.63) is 59.9 Å². The Hall–Kier alpha value is -2.36. The predicted octanol–water partition coefficient (Wildman–Crippen LogP) is 3.67. The molecular formula is C19H25IN6O. The SMILES string of the molecule is CN=C(NCc1ncc(-c2ccccc2)[nH]1)NCc1cc(C(C)C)no1.I. The minimum absolute atomic E-state index is 0. The number of imidazole rings is 1. The van der Waals surface area contributed by atoms with Crippen LogP contribution in [0.4, 0.5) is 0 Å². The van der Waals surface area contributed by atoms with E-state index in [4.69, 9.17) is 4.52 Å². The van der Waals surface area contributed by atoms with Crippen LogP contribution in [0.15, 0.2) is 52.1 Å². The summed E-state index contributed by atoms with van der Waals surface area (Å²) in [4.78, 5) is 11.9. The molecule has 1 aromatic carbocycles. The van der Waals surface area contributed by atoms with Crippen LogP contribution < -0.4 is 10.6 Å². The summed E-state index contributed by atoms with van der Waals surface area (Å²) in [5, 5.41) is 10.5. The smallest absolute Gasteiger partial charge is 0.191 e. The van der Waals surface area contributed by atoms with Crippen LogP contribution in [0.2, 0.25) is 0 Å². The van der Waals surface area contributed by atoms with Crippen LogP contribution in [0.1, 0.15) is 37.0 Å². The van der Waals surface area contributed by atoms with Crippen LogP contribution in [0.5, 0.6) is 0 Å². The third-order valence-electron chi connectivity index (χ3n) is 3.96. The molecule has 0 spiro atoms. The second-order valence-electron chi connectivity index (χ2n) is 6.26. The molecule has 0 unspecified atom stereocenters. The minimum Gasteiger partial charge on any atom is -0.359 e. The number of nitrogens with one attached hydrogen (secondary N) is 3. The first-order chi connectivity index (χ1) is 12.7. The number of aromatic nitrogens is 3. The fourth-order valence-corrected chi connectivity index (χ4v) is 2.46. The predicted molar refractivity (Wildman–Crippen MR) is 117 cm³/mol. The molecule has 0 aliphatic carbocycles. The van der Waals surface area contributed by atoms with Gasteiger partial charge in [0.15, 0.2) is 11.7 Å². The van der Waals surface area contributed by atoms with Crippen molar-refractivity contribution in [1.82, 2.24) is 25.8 Å². The number of hydrogen-bond donors (Lipinski definition) is 3. The first kappa shape index (κ1) is 20.9. The van der Waals surface area contributed by atoms with E-state index in [9.17, 15) is 0 Å². The largest absolute Gasteiger partial charge is 0.359 e. The summed E-state index contributed by atoms with van der Waals surface area (Å²) in [5.74, 6) is 2.64. The maximum Gasteiger partial charge on any atom is 0.191 e. The first-order valence-corrected chi connectivity index (χ1v) is 8.65. The molecule has 3 aromatic rings. The topological polar surface area (TPSA) is 91.1 Å². The molecule has 0 atom stereocenters. The molecule has 7 nitrogen and oxygen atoms in total. The molecule has 2 heterocycles. The van der Waals surface area contributed by atoms with Gasteiger partial charge in [0.2, 0.25) is 0 Å². The van der Waals surface area contributed by atoms with Gasteiger partial charge in [0.25, 0.3) is 0 Å². The Balaban J connectivity index is 0.00000261. The van der Waals surface area contributed by atoms with E-state index in [0.717, 1.165) is 28.5 Å². The van der Waals surface area contributed by atoms with Crippen molar-refractivity contribution in [2.24, 2.45) is 4.99 Å². The van der Waals surface area contributed by atoms with E-state index in [0.29, 0.717) is 25.0 Å². The van der Waals surface area contributed by atoms with Crippen molar-refractivity contribution in [2.75, 3.05) is 7.05 Å². The minimum atomic E-state index is 0. The number of guanidine groups is 1. The average Bonchev–Trinajstić information content (AvgIpc) is 3.32. The van der Waals surface area contributed by atoms with E-state index < -0.39 is 0 Å². The maximum atomic E-state index is 5.32. The Morgan fingerprint density at radius 1 is 1.19 bits per heavy atom. The Bertz CT molecular complexity index is 856. The lowest BCUT2D eigenvalue weighted by molar-refractivity contribution is 0.372. The molecule has 27 heavy (non-hydrogen) atoms. The van der Waals surface area contributed by atoms with Crippen LogP contribution in [0.25, 0.3) is 11.3 Å². The number of H-pyrrole nitrogens is 1. The van der Waals surface area contributed by atoms with Gasteiger partial charge in [-0.05, 0) is 11.5 Å². The summed E-state index contributed by atoms with van der Waals surface area (Å²) in [6.07, 6.45) is 1.84. The van der Waals surface area contributed by atoms with Gasteiger partial charge < -0.3 is 20.1 Å². The monoisotopic (exact) mass is 480 g/mol. The highest BCUT2D eigenvalue weighted by Crippen LogP contribution is 2.16.